The van der Waals surface area contributed by atoms with Gasteiger partial charge in [0.05, 0.1) is 12.7 Å². The van der Waals surface area contributed by atoms with Crippen LogP contribution < -0.4 is 5.32 Å². The Labute approximate surface area is 122 Å². The number of nitrogens with zero attached hydrogens (tertiary/aromatic N) is 3. The van der Waals surface area contributed by atoms with E-state index in [4.69, 9.17) is 0 Å². The molecule has 0 bridgehead atoms. The average Bonchev–Trinajstić information content (AvgIpc) is 2.83. The molecule has 0 spiro atoms. The Morgan fingerprint density at radius 1 is 1.40 bits per heavy atom. The summed E-state index contributed by atoms with van der Waals surface area (Å²) in [6.45, 7) is 9.02. The molecule has 116 valence electrons. The number of nitrogens with one attached hydrogen (secondary N) is 1. The van der Waals surface area contributed by atoms with Gasteiger partial charge in [-0.1, -0.05) is 20.8 Å². The Balaban J connectivity index is 2.65. The van der Waals surface area contributed by atoms with Crippen LogP contribution in [0.2, 0.25) is 0 Å². The van der Waals surface area contributed by atoms with E-state index in [-0.39, 0.29) is 4.90 Å². The Kier molecular flexibility index (Phi) is 6.64. The van der Waals surface area contributed by atoms with Gasteiger partial charge in [0, 0.05) is 26.3 Å². The Morgan fingerprint density at radius 2 is 2.10 bits per heavy atom. The van der Waals surface area contributed by atoms with Crippen molar-refractivity contribution in [3.8, 4) is 0 Å². The predicted octanol–water partition coefficient (Wildman–Crippen LogP) is 1.16. The van der Waals surface area contributed by atoms with Crippen molar-refractivity contribution in [3.05, 3.63) is 12.4 Å². The number of sulfonamides is 1. The van der Waals surface area contributed by atoms with Crippen LogP contribution in [0.25, 0.3) is 0 Å². The summed E-state index contributed by atoms with van der Waals surface area (Å²) in [6, 6.07) is 0. The number of hydrogen-bond donors (Lipinski definition) is 1. The zero-order chi connectivity index (χ0) is 15.2. The van der Waals surface area contributed by atoms with Crippen molar-refractivity contribution in [3.63, 3.8) is 0 Å². The molecule has 1 heterocycles. The highest BCUT2D eigenvalue weighted by molar-refractivity contribution is 7.89. The number of hydrogen-bond acceptors (Lipinski definition) is 4. The molecule has 1 aromatic heterocycles. The number of rotatable bonds is 9. The molecule has 0 amide bonds. The summed E-state index contributed by atoms with van der Waals surface area (Å²) >= 11 is 0. The second-order valence-corrected chi connectivity index (χ2v) is 7.41. The molecule has 0 aliphatic heterocycles. The summed E-state index contributed by atoms with van der Waals surface area (Å²) in [5, 5.41) is 7.37. The van der Waals surface area contributed by atoms with E-state index in [1.165, 1.54) is 10.5 Å². The molecule has 0 unspecified atom stereocenters. The van der Waals surface area contributed by atoms with Gasteiger partial charge in [-0.2, -0.15) is 5.10 Å². The quantitative estimate of drug-likeness (QED) is 0.695. The first kappa shape index (κ1) is 17.1. The SMILES string of the molecule is CCCNCCn1cc(S(=O)(=O)N(C)CC(C)C)cn1. The normalized spacial score (nSPS) is 12.5. The van der Waals surface area contributed by atoms with Crippen molar-refractivity contribution < 1.29 is 8.42 Å². The van der Waals surface area contributed by atoms with Gasteiger partial charge in [0.15, 0.2) is 0 Å². The van der Waals surface area contributed by atoms with Crippen LogP contribution in [0, 0.1) is 5.92 Å². The molecule has 0 fully saturated rings. The molecule has 0 aliphatic carbocycles. The molecule has 0 radical (unpaired) electrons. The van der Waals surface area contributed by atoms with E-state index >= 15 is 0 Å². The van der Waals surface area contributed by atoms with Crippen molar-refractivity contribution in [1.29, 1.82) is 0 Å². The summed E-state index contributed by atoms with van der Waals surface area (Å²) < 4.78 is 27.7. The highest BCUT2D eigenvalue weighted by Gasteiger charge is 2.22. The molecule has 0 saturated heterocycles. The lowest BCUT2D eigenvalue weighted by Crippen LogP contribution is -2.30. The smallest absolute Gasteiger partial charge is 0.245 e. The van der Waals surface area contributed by atoms with Crippen LogP contribution in [0.4, 0.5) is 0 Å². The van der Waals surface area contributed by atoms with Crippen LogP contribution in [-0.4, -0.2) is 49.2 Å². The van der Waals surface area contributed by atoms with Gasteiger partial charge in [0.1, 0.15) is 4.90 Å². The summed E-state index contributed by atoms with van der Waals surface area (Å²) in [5.74, 6) is 0.295. The Morgan fingerprint density at radius 3 is 2.70 bits per heavy atom. The average molecular weight is 302 g/mol. The van der Waals surface area contributed by atoms with E-state index in [2.05, 4.69) is 17.3 Å². The summed E-state index contributed by atoms with van der Waals surface area (Å²) in [5.41, 5.74) is 0. The molecule has 0 atom stereocenters. The van der Waals surface area contributed by atoms with Gasteiger partial charge >= 0.3 is 0 Å². The minimum absolute atomic E-state index is 0.260. The minimum Gasteiger partial charge on any atom is -0.315 e. The fourth-order valence-electron chi connectivity index (χ4n) is 1.89. The van der Waals surface area contributed by atoms with E-state index in [0.29, 0.717) is 19.0 Å². The number of aromatic nitrogens is 2. The van der Waals surface area contributed by atoms with Gasteiger partial charge in [-0.05, 0) is 18.9 Å². The predicted molar refractivity (Wildman–Crippen MR) is 80.0 cm³/mol. The maximum Gasteiger partial charge on any atom is 0.245 e. The lowest BCUT2D eigenvalue weighted by Gasteiger charge is -2.17. The lowest BCUT2D eigenvalue weighted by atomic mass is 10.2. The fourth-order valence-corrected chi connectivity index (χ4v) is 3.18. The van der Waals surface area contributed by atoms with Gasteiger partial charge in [-0.25, -0.2) is 12.7 Å². The van der Waals surface area contributed by atoms with Crippen molar-refractivity contribution in [2.45, 2.75) is 38.6 Å². The molecule has 0 saturated carbocycles. The largest absolute Gasteiger partial charge is 0.315 e. The molecular formula is C13H26N4O2S. The first-order valence-electron chi connectivity index (χ1n) is 7.07. The highest BCUT2D eigenvalue weighted by atomic mass is 32.2. The molecule has 0 aromatic carbocycles. The third kappa shape index (κ3) is 4.88. The maximum atomic E-state index is 12.3. The first-order chi connectivity index (χ1) is 9.37. The zero-order valence-corrected chi connectivity index (χ0v) is 13.7. The van der Waals surface area contributed by atoms with Crippen molar-refractivity contribution >= 4 is 10.0 Å². The molecule has 20 heavy (non-hydrogen) atoms. The van der Waals surface area contributed by atoms with Crippen LogP contribution >= 0.6 is 0 Å². The Hall–Kier alpha value is -0.920. The third-order valence-electron chi connectivity index (χ3n) is 2.88. The minimum atomic E-state index is -3.42. The van der Waals surface area contributed by atoms with E-state index in [1.54, 1.807) is 17.9 Å². The van der Waals surface area contributed by atoms with Crippen molar-refractivity contribution in [2.75, 3.05) is 26.7 Å². The summed E-state index contributed by atoms with van der Waals surface area (Å²) in [6.07, 6.45) is 4.10. The van der Waals surface area contributed by atoms with Crippen LogP contribution in [0.3, 0.4) is 0 Å². The lowest BCUT2D eigenvalue weighted by molar-refractivity contribution is 0.417. The third-order valence-corrected chi connectivity index (χ3v) is 4.66. The maximum absolute atomic E-state index is 12.3. The van der Waals surface area contributed by atoms with Gasteiger partial charge in [0.2, 0.25) is 10.0 Å². The second kappa shape index (κ2) is 7.75. The standard InChI is InChI=1S/C13H26N4O2S/c1-5-6-14-7-8-17-11-13(9-15-17)20(18,19)16(4)10-12(2)3/h9,11-12,14H,5-8,10H2,1-4H3. The van der Waals surface area contributed by atoms with Gasteiger partial charge in [-0.3, -0.25) is 4.68 Å². The van der Waals surface area contributed by atoms with E-state index < -0.39 is 10.0 Å². The topological polar surface area (TPSA) is 67.2 Å². The van der Waals surface area contributed by atoms with E-state index in [0.717, 1.165) is 19.5 Å². The monoisotopic (exact) mass is 302 g/mol. The van der Waals surface area contributed by atoms with Crippen LogP contribution in [0.15, 0.2) is 17.3 Å². The first-order valence-corrected chi connectivity index (χ1v) is 8.51. The zero-order valence-electron chi connectivity index (χ0n) is 12.8. The van der Waals surface area contributed by atoms with Gasteiger partial charge in [0.25, 0.3) is 0 Å². The van der Waals surface area contributed by atoms with E-state index in [9.17, 15) is 8.42 Å². The molecule has 7 heteroatoms. The molecule has 1 rings (SSSR count). The summed E-state index contributed by atoms with van der Waals surface area (Å²) in [4.78, 5) is 0.260. The highest BCUT2D eigenvalue weighted by Crippen LogP contribution is 2.14. The Bertz CT molecular complexity index is 496. The fraction of sp³-hybridized carbons (Fsp3) is 0.769. The van der Waals surface area contributed by atoms with Gasteiger partial charge < -0.3 is 5.32 Å². The van der Waals surface area contributed by atoms with Crippen LogP contribution in [-0.2, 0) is 16.6 Å². The molecule has 1 aromatic rings. The second-order valence-electron chi connectivity index (χ2n) is 5.37. The van der Waals surface area contributed by atoms with Crippen molar-refractivity contribution in [2.24, 2.45) is 5.92 Å². The summed E-state index contributed by atoms with van der Waals surface area (Å²) in [7, 11) is -1.81. The molecule has 0 aliphatic rings. The van der Waals surface area contributed by atoms with Gasteiger partial charge in [-0.15, -0.1) is 0 Å². The molecule has 1 N–H and O–H groups in total. The van der Waals surface area contributed by atoms with Crippen LogP contribution in [0.5, 0.6) is 0 Å². The van der Waals surface area contributed by atoms with Crippen molar-refractivity contribution in [1.82, 2.24) is 19.4 Å². The van der Waals surface area contributed by atoms with Crippen LogP contribution in [0.1, 0.15) is 27.2 Å². The van der Waals surface area contributed by atoms with E-state index in [1.807, 2.05) is 13.8 Å². The molecular weight excluding hydrogens is 276 g/mol. The molecule has 6 nitrogen and oxygen atoms in total.